The van der Waals surface area contributed by atoms with Crippen molar-refractivity contribution in [3.8, 4) is 5.75 Å². The second kappa shape index (κ2) is 4.41. The second-order valence-corrected chi connectivity index (χ2v) is 3.89. The molecule has 1 rings (SSSR count). The van der Waals surface area contributed by atoms with Crippen molar-refractivity contribution in [2.45, 2.75) is 20.0 Å². The summed E-state index contributed by atoms with van der Waals surface area (Å²) in [6.07, 6.45) is -0.00620. The number of ether oxygens (including phenoxy) is 1. The van der Waals surface area contributed by atoms with Crippen molar-refractivity contribution in [1.29, 1.82) is 0 Å². The fourth-order valence-electron chi connectivity index (χ4n) is 0.950. The molecule has 0 amide bonds. The minimum atomic E-state index is -0.445. The van der Waals surface area contributed by atoms with Gasteiger partial charge in [-0.15, -0.1) is 0 Å². The van der Waals surface area contributed by atoms with Gasteiger partial charge in [0.1, 0.15) is 5.75 Å². The molecule has 1 aromatic carbocycles. The van der Waals surface area contributed by atoms with Crippen LogP contribution in [-0.4, -0.2) is 11.0 Å². The summed E-state index contributed by atoms with van der Waals surface area (Å²) in [6, 6.07) is 4.44. The molecule has 0 bridgehead atoms. The van der Waals surface area contributed by atoms with Gasteiger partial charge in [-0.25, -0.2) is 0 Å². The first-order valence-electron chi connectivity index (χ1n) is 4.11. The third-order valence-corrected chi connectivity index (χ3v) is 2.14. The third-order valence-electron chi connectivity index (χ3n) is 1.49. The summed E-state index contributed by atoms with van der Waals surface area (Å²) in [4.78, 5) is 10.0. The van der Waals surface area contributed by atoms with Crippen LogP contribution in [0.4, 0.5) is 5.69 Å². The van der Waals surface area contributed by atoms with E-state index in [1.807, 2.05) is 13.8 Å². The van der Waals surface area contributed by atoms with E-state index in [-0.39, 0.29) is 11.8 Å². The molecular formula is C9H10BrNO3. The maximum absolute atomic E-state index is 10.5. The van der Waals surface area contributed by atoms with Crippen LogP contribution in [0.2, 0.25) is 0 Å². The monoisotopic (exact) mass is 259 g/mol. The molecule has 4 nitrogen and oxygen atoms in total. The smallest absolute Gasteiger partial charge is 0.273 e. The molecule has 1 aromatic rings. The molecule has 0 unspecified atom stereocenters. The zero-order valence-electron chi connectivity index (χ0n) is 7.86. The first kappa shape index (κ1) is 11.0. The van der Waals surface area contributed by atoms with Gasteiger partial charge in [0.15, 0.2) is 0 Å². The Morgan fingerprint density at radius 2 is 2.14 bits per heavy atom. The molecule has 14 heavy (non-hydrogen) atoms. The molecule has 0 aliphatic rings. The lowest BCUT2D eigenvalue weighted by Crippen LogP contribution is -2.06. The number of nitrogens with zero attached hydrogens (tertiary/aromatic N) is 1. The van der Waals surface area contributed by atoms with Crippen LogP contribution in [-0.2, 0) is 0 Å². The van der Waals surface area contributed by atoms with E-state index in [1.54, 1.807) is 6.07 Å². The van der Waals surface area contributed by atoms with Gasteiger partial charge >= 0.3 is 0 Å². The summed E-state index contributed by atoms with van der Waals surface area (Å²) >= 11 is 3.26. The summed E-state index contributed by atoms with van der Waals surface area (Å²) in [5, 5.41) is 10.5. The topological polar surface area (TPSA) is 52.4 Å². The van der Waals surface area contributed by atoms with Gasteiger partial charge in [0.05, 0.1) is 21.6 Å². The zero-order chi connectivity index (χ0) is 10.7. The lowest BCUT2D eigenvalue weighted by Gasteiger charge is -2.10. The number of nitro groups is 1. The van der Waals surface area contributed by atoms with E-state index in [1.165, 1.54) is 12.1 Å². The lowest BCUT2D eigenvalue weighted by atomic mass is 10.3. The predicted octanol–water partition coefficient (Wildman–Crippen LogP) is 3.14. The van der Waals surface area contributed by atoms with Gasteiger partial charge in [0, 0.05) is 6.07 Å². The molecule has 0 saturated carbocycles. The standard InChI is InChI=1S/C9H10BrNO3/c1-6(2)14-9-5-7(11(12)13)3-4-8(9)10/h3-6H,1-2H3. The molecule has 0 aliphatic heterocycles. The summed E-state index contributed by atoms with van der Waals surface area (Å²) in [7, 11) is 0. The van der Waals surface area contributed by atoms with Crippen molar-refractivity contribution in [2.75, 3.05) is 0 Å². The minimum Gasteiger partial charge on any atom is -0.490 e. The van der Waals surface area contributed by atoms with Gasteiger partial charge in [0.25, 0.3) is 5.69 Å². The number of benzene rings is 1. The van der Waals surface area contributed by atoms with E-state index in [9.17, 15) is 10.1 Å². The molecule has 0 spiro atoms. The van der Waals surface area contributed by atoms with Crippen molar-refractivity contribution >= 4 is 21.6 Å². The molecule has 0 N–H and O–H groups in total. The number of rotatable bonds is 3. The fraction of sp³-hybridized carbons (Fsp3) is 0.333. The highest BCUT2D eigenvalue weighted by Crippen LogP contribution is 2.29. The molecule has 0 aromatic heterocycles. The minimum absolute atomic E-state index is 0.00620. The lowest BCUT2D eigenvalue weighted by molar-refractivity contribution is -0.385. The first-order valence-corrected chi connectivity index (χ1v) is 4.90. The third kappa shape index (κ3) is 2.70. The van der Waals surface area contributed by atoms with Crippen molar-refractivity contribution in [3.05, 3.63) is 32.8 Å². The Morgan fingerprint density at radius 1 is 1.50 bits per heavy atom. The average molecular weight is 260 g/mol. The van der Waals surface area contributed by atoms with E-state index >= 15 is 0 Å². The average Bonchev–Trinajstić information content (AvgIpc) is 2.07. The Balaban J connectivity index is 3.02. The maximum Gasteiger partial charge on any atom is 0.273 e. The second-order valence-electron chi connectivity index (χ2n) is 3.04. The molecule has 76 valence electrons. The molecule has 0 saturated heterocycles. The Labute approximate surface area is 90.2 Å². The van der Waals surface area contributed by atoms with E-state index < -0.39 is 4.92 Å². The fourth-order valence-corrected chi connectivity index (χ4v) is 1.29. The van der Waals surface area contributed by atoms with Gasteiger partial charge in [0.2, 0.25) is 0 Å². The van der Waals surface area contributed by atoms with Crippen molar-refractivity contribution in [3.63, 3.8) is 0 Å². The van der Waals surface area contributed by atoms with Crippen LogP contribution in [0, 0.1) is 10.1 Å². The van der Waals surface area contributed by atoms with Crippen LogP contribution in [0.25, 0.3) is 0 Å². The molecule has 0 atom stereocenters. The van der Waals surface area contributed by atoms with Gasteiger partial charge < -0.3 is 4.74 Å². The molecular weight excluding hydrogens is 250 g/mol. The van der Waals surface area contributed by atoms with Crippen LogP contribution in [0.5, 0.6) is 5.75 Å². The number of nitro benzene ring substituents is 1. The van der Waals surface area contributed by atoms with Crippen molar-refractivity contribution < 1.29 is 9.66 Å². The van der Waals surface area contributed by atoms with Gasteiger partial charge in [-0.1, -0.05) is 0 Å². The van der Waals surface area contributed by atoms with Crippen molar-refractivity contribution in [2.24, 2.45) is 0 Å². The Kier molecular flexibility index (Phi) is 3.46. The van der Waals surface area contributed by atoms with Gasteiger partial charge in [-0.2, -0.15) is 0 Å². The Hall–Kier alpha value is -1.10. The van der Waals surface area contributed by atoms with E-state index in [0.29, 0.717) is 5.75 Å². The highest BCUT2D eigenvalue weighted by atomic mass is 79.9. The highest BCUT2D eigenvalue weighted by Gasteiger charge is 2.11. The van der Waals surface area contributed by atoms with E-state index in [4.69, 9.17) is 4.74 Å². The SMILES string of the molecule is CC(C)Oc1cc([N+](=O)[O-])ccc1Br. The summed E-state index contributed by atoms with van der Waals surface area (Å²) in [5.41, 5.74) is 0.0313. The van der Waals surface area contributed by atoms with Crippen LogP contribution in [0.15, 0.2) is 22.7 Å². The summed E-state index contributed by atoms with van der Waals surface area (Å²) in [5.74, 6) is 0.495. The zero-order valence-corrected chi connectivity index (χ0v) is 9.45. The predicted molar refractivity (Wildman–Crippen MR) is 56.6 cm³/mol. The van der Waals surface area contributed by atoms with Crippen LogP contribution < -0.4 is 4.74 Å². The largest absolute Gasteiger partial charge is 0.490 e. The van der Waals surface area contributed by atoms with E-state index in [2.05, 4.69) is 15.9 Å². The Morgan fingerprint density at radius 3 is 2.64 bits per heavy atom. The normalized spacial score (nSPS) is 10.3. The number of hydrogen-bond acceptors (Lipinski definition) is 3. The summed E-state index contributed by atoms with van der Waals surface area (Å²) in [6.45, 7) is 3.73. The maximum atomic E-state index is 10.5. The number of halogens is 1. The van der Waals surface area contributed by atoms with Crippen LogP contribution in [0.3, 0.4) is 0 Å². The van der Waals surface area contributed by atoms with Crippen LogP contribution in [0.1, 0.15) is 13.8 Å². The van der Waals surface area contributed by atoms with Crippen LogP contribution >= 0.6 is 15.9 Å². The molecule has 0 heterocycles. The quantitative estimate of drug-likeness (QED) is 0.619. The molecule has 5 heteroatoms. The van der Waals surface area contributed by atoms with Gasteiger partial charge in [-0.3, -0.25) is 10.1 Å². The number of non-ortho nitro benzene ring substituents is 1. The molecule has 0 fully saturated rings. The van der Waals surface area contributed by atoms with Crippen molar-refractivity contribution in [1.82, 2.24) is 0 Å². The molecule has 0 aliphatic carbocycles. The highest BCUT2D eigenvalue weighted by molar-refractivity contribution is 9.10. The Bertz CT molecular complexity index is 352. The summed E-state index contributed by atoms with van der Waals surface area (Å²) < 4.78 is 6.10. The number of hydrogen-bond donors (Lipinski definition) is 0. The van der Waals surface area contributed by atoms with Gasteiger partial charge in [-0.05, 0) is 35.8 Å². The van der Waals surface area contributed by atoms with E-state index in [0.717, 1.165) is 4.47 Å². The first-order chi connectivity index (χ1) is 6.50. The molecule has 0 radical (unpaired) electrons.